The van der Waals surface area contributed by atoms with Crippen LogP contribution in [0.1, 0.15) is 58.6 Å². The third-order valence-electron chi connectivity index (χ3n) is 8.38. The van der Waals surface area contributed by atoms with Crippen LogP contribution in [0.25, 0.3) is 0 Å². The summed E-state index contributed by atoms with van der Waals surface area (Å²) >= 11 is 0. The molecule has 45 heavy (non-hydrogen) atoms. The third kappa shape index (κ3) is 7.36. The summed E-state index contributed by atoms with van der Waals surface area (Å²) in [4.78, 5) is 37.2. The molecule has 0 aliphatic carbocycles. The van der Waals surface area contributed by atoms with Crippen molar-refractivity contribution in [2.75, 3.05) is 37.7 Å². The number of hydrogen-bond acceptors (Lipinski definition) is 6. The molecule has 9 heteroatoms. The minimum atomic E-state index is -0.794. The van der Waals surface area contributed by atoms with Gasteiger partial charge in [-0.2, -0.15) is 4.58 Å². The number of hydrogen-bond donors (Lipinski definition) is 2. The van der Waals surface area contributed by atoms with Gasteiger partial charge in [0, 0.05) is 46.5 Å². The first-order valence-electron chi connectivity index (χ1n) is 15.3. The van der Waals surface area contributed by atoms with Gasteiger partial charge in [-0.3, -0.25) is 4.79 Å². The number of alkyl carbamates (subject to hydrolysis) is 1. The molecule has 0 aromatic heterocycles. The summed E-state index contributed by atoms with van der Waals surface area (Å²) in [6.45, 7) is 15.3. The Hall–Kier alpha value is -4.66. The summed E-state index contributed by atoms with van der Waals surface area (Å²) in [5.74, 6) is -1.29. The van der Waals surface area contributed by atoms with Gasteiger partial charge in [0.15, 0.2) is 5.71 Å². The third-order valence-corrected chi connectivity index (χ3v) is 8.38. The van der Waals surface area contributed by atoms with E-state index >= 15 is 0 Å². The minimum absolute atomic E-state index is 0.0333. The van der Waals surface area contributed by atoms with Crippen LogP contribution < -0.4 is 10.2 Å². The fraction of sp³-hybridized carbons (Fsp3) is 0.389. The van der Waals surface area contributed by atoms with Crippen molar-refractivity contribution in [1.29, 1.82) is 0 Å². The number of carbonyl (C=O) groups excluding carboxylic acids is 2. The second-order valence-corrected chi connectivity index (χ2v) is 12.4. The fourth-order valence-corrected chi connectivity index (χ4v) is 6.08. The Labute approximate surface area is 265 Å². The number of allylic oxidation sites excluding steroid dienone is 4. The summed E-state index contributed by atoms with van der Waals surface area (Å²) in [6.07, 6.45) is 6.41. The lowest BCUT2D eigenvalue weighted by atomic mass is 9.81. The van der Waals surface area contributed by atoms with E-state index in [-0.39, 0.29) is 37.0 Å². The number of carboxylic acid groups (broad SMARTS) is 1. The summed E-state index contributed by atoms with van der Waals surface area (Å²) in [5, 5.41) is 11.8. The Bertz CT molecular complexity index is 1570. The fourth-order valence-electron chi connectivity index (χ4n) is 6.08. The molecule has 2 aromatic carbocycles. The number of carbonyl (C=O) groups is 3. The van der Waals surface area contributed by atoms with Crippen LogP contribution in [0.2, 0.25) is 0 Å². The predicted octanol–water partition coefficient (Wildman–Crippen LogP) is 6.01. The highest BCUT2D eigenvalue weighted by Crippen LogP contribution is 2.47. The number of para-hydroxylation sites is 2. The Kier molecular flexibility index (Phi) is 10.3. The number of nitrogens with one attached hydrogen (secondary N) is 1. The lowest BCUT2D eigenvalue weighted by Gasteiger charge is -2.27. The molecular weight excluding hydrogens is 570 g/mol. The van der Waals surface area contributed by atoms with Crippen molar-refractivity contribution in [3.63, 3.8) is 0 Å². The summed E-state index contributed by atoms with van der Waals surface area (Å²) in [6, 6.07) is 16.5. The molecule has 1 amide bonds. The van der Waals surface area contributed by atoms with E-state index in [1.165, 1.54) is 11.1 Å². The van der Waals surface area contributed by atoms with Crippen molar-refractivity contribution < 1.29 is 33.5 Å². The highest BCUT2D eigenvalue weighted by molar-refractivity contribution is 6.03. The van der Waals surface area contributed by atoms with Gasteiger partial charge in [-0.25, -0.2) is 9.59 Å². The van der Waals surface area contributed by atoms with Gasteiger partial charge in [0.05, 0.1) is 24.9 Å². The molecular formula is C36H44N3O6+. The lowest BCUT2D eigenvalue weighted by Crippen LogP contribution is -2.33. The van der Waals surface area contributed by atoms with E-state index < -0.39 is 18.0 Å². The molecule has 0 spiro atoms. The highest BCUT2D eigenvalue weighted by atomic mass is 16.6. The summed E-state index contributed by atoms with van der Waals surface area (Å²) in [5.41, 5.74) is 6.50. The van der Waals surface area contributed by atoms with Crippen LogP contribution in [-0.4, -0.2) is 66.3 Å². The van der Waals surface area contributed by atoms with Gasteiger partial charge in [-0.1, -0.05) is 62.9 Å². The smallest absolute Gasteiger partial charge is 0.407 e. The van der Waals surface area contributed by atoms with Crippen LogP contribution in [0, 0.1) is 0 Å². The van der Waals surface area contributed by atoms with E-state index in [4.69, 9.17) is 9.47 Å². The Balaban J connectivity index is 1.52. The number of ether oxygens (including phenoxy) is 2. The first-order valence-corrected chi connectivity index (χ1v) is 15.3. The zero-order valence-electron chi connectivity index (χ0n) is 26.9. The summed E-state index contributed by atoms with van der Waals surface area (Å²) < 4.78 is 12.7. The van der Waals surface area contributed by atoms with Crippen molar-refractivity contribution in [2.24, 2.45) is 0 Å². The normalized spacial score (nSPS) is 16.9. The van der Waals surface area contributed by atoms with Crippen LogP contribution in [0.4, 0.5) is 16.2 Å². The van der Waals surface area contributed by atoms with Crippen molar-refractivity contribution in [3.05, 3.63) is 95.7 Å². The molecule has 0 bridgehead atoms. The van der Waals surface area contributed by atoms with Crippen LogP contribution >= 0.6 is 0 Å². The average molecular weight is 615 g/mol. The number of anilines is 1. The maximum atomic E-state index is 12.3. The maximum Gasteiger partial charge on any atom is 0.407 e. The Morgan fingerprint density at radius 2 is 1.67 bits per heavy atom. The number of carboxylic acids is 1. The van der Waals surface area contributed by atoms with Crippen LogP contribution in [0.5, 0.6) is 0 Å². The molecule has 2 aliphatic heterocycles. The Morgan fingerprint density at radius 3 is 2.38 bits per heavy atom. The van der Waals surface area contributed by atoms with Crippen LogP contribution in [-0.2, 0) is 29.9 Å². The zero-order chi connectivity index (χ0) is 32.8. The zero-order valence-corrected chi connectivity index (χ0v) is 26.9. The first kappa shape index (κ1) is 33.2. The van der Waals surface area contributed by atoms with Crippen LogP contribution in [0.3, 0.4) is 0 Å². The van der Waals surface area contributed by atoms with Gasteiger partial charge >= 0.3 is 18.0 Å². The molecule has 2 aliphatic rings. The molecule has 0 unspecified atom stereocenters. The van der Waals surface area contributed by atoms with Gasteiger partial charge in [0.1, 0.15) is 19.8 Å². The molecule has 2 aromatic rings. The number of amides is 1. The van der Waals surface area contributed by atoms with Gasteiger partial charge in [-0.05, 0) is 38.5 Å². The monoisotopic (exact) mass is 614 g/mol. The number of esters is 1. The Morgan fingerprint density at radius 1 is 0.978 bits per heavy atom. The quantitative estimate of drug-likeness (QED) is 0.123. The molecule has 0 radical (unpaired) electrons. The first-order chi connectivity index (χ1) is 21.4. The van der Waals surface area contributed by atoms with Crippen molar-refractivity contribution in [1.82, 2.24) is 5.32 Å². The second kappa shape index (κ2) is 14.0. The molecule has 0 fully saturated rings. The van der Waals surface area contributed by atoms with Crippen molar-refractivity contribution in [3.8, 4) is 0 Å². The highest BCUT2D eigenvalue weighted by Gasteiger charge is 2.44. The van der Waals surface area contributed by atoms with E-state index in [2.05, 4.69) is 91.6 Å². The topological polar surface area (TPSA) is 108 Å². The number of fused-ring (bicyclic) bond motifs is 2. The molecule has 0 saturated carbocycles. The molecule has 9 nitrogen and oxygen atoms in total. The maximum absolute atomic E-state index is 12.3. The van der Waals surface area contributed by atoms with Crippen molar-refractivity contribution in [2.45, 2.75) is 58.3 Å². The molecule has 0 atom stereocenters. The second-order valence-electron chi connectivity index (χ2n) is 12.4. The van der Waals surface area contributed by atoms with E-state index in [9.17, 15) is 19.5 Å². The predicted molar refractivity (Wildman–Crippen MR) is 175 cm³/mol. The number of benzene rings is 2. The largest absolute Gasteiger partial charge is 0.481 e. The molecule has 0 saturated heterocycles. The number of rotatable bonds is 13. The minimum Gasteiger partial charge on any atom is -0.481 e. The number of aliphatic carboxylic acids is 1. The van der Waals surface area contributed by atoms with E-state index in [0.29, 0.717) is 25.1 Å². The van der Waals surface area contributed by atoms with Gasteiger partial charge in [-0.15, -0.1) is 0 Å². The SMILES string of the molecule is C=C(C)C(=O)OCCNC(=O)OCCN1/C(=C\C=C\C2=[N+](CCCC(=O)O)c3ccccc3C2(C)C)C(C)(C)c2ccccc21. The number of nitrogens with zero attached hydrogens (tertiary/aromatic N) is 2. The average Bonchev–Trinajstić information content (AvgIpc) is 3.34. The molecule has 238 valence electrons. The van der Waals surface area contributed by atoms with Gasteiger partial charge in [0.2, 0.25) is 5.69 Å². The van der Waals surface area contributed by atoms with Gasteiger partial charge in [0.25, 0.3) is 0 Å². The molecule has 2 N–H and O–H groups in total. The van der Waals surface area contributed by atoms with Gasteiger partial charge < -0.3 is 24.8 Å². The van der Waals surface area contributed by atoms with Crippen LogP contribution in [0.15, 0.2) is 84.6 Å². The standard InChI is InChI=1S/C36H43N3O6/c1-25(2)33(42)44-23-20-37-34(43)45-24-22-39-29-16-10-8-14-27(29)36(5,6)31(39)18-11-17-30-35(3,4)26-13-7-9-15-28(26)38(30)21-12-19-32(40)41/h7-11,13-18H,1,12,19-24H2,2-6H3,(H-,37,40,41,43)/p+1. The molecule has 2 heterocycles. The summed E-state index contributed by atoms with van der Waals surface area (Å²) in [7, 11) is 0. The molecule has 4 rings (SSSR count). The van der Waals surface area contributed by atoms with E-state index in [1.807, 2.05) is 24.3 Å². The van der Waals surface area contributed by atoms with E-state index in [1.54, 1.807) is 6.92 Å². The van der Waals surface area contributed by atoms with Crippen molar-refractivity contribution >= 4 is 35.1 Å². The lowest BCUT2D eigenvalue weighted by molar-refractivity contribution is -0.438. The van der Waals surface area contributed by atoms with E-state index in [0.717, 1.165) is 22.8 Å².